The van der Waals surface area contributed by atoms with Gasteiger partial charge in [-0.15, -0.1) is 0 Å². The molecule has 0 amide bonds. The van der Waals surface area contributed by atoms with Crippen molar-refractivity contribution in [3.05, 3.63) is 65.2 Å². The normalized spacial score (nSPS) is 11.8. The molecule has 2 N–H and O–H groups in total. The van der Waals surface area contributed by atoms with Gasteiger partial charge in [0.15, 0.2) is 5.11 Å². The van der Waals surface area contributed by atoms with Crippen molar-refractivity contribution in [3.63, 3.8) is 0 Å². The molecule has 1 atom stereocenters. The Morgan fingerprint density at radius 3 is 2.00 bits per heavy atom. The van der Waals surface area contributed by atoms with Gasteiger partial charge in [-0.3, -0.25) is 0 Å². The van der Waals surface area contributed by atoms with E-state index in [1.54, 1.807) is 0 Å². The van der Waals surface area contributed by atoms with E-state index in [2.05, 4.69) is 67.8 Å². The summed E-state index contributed by atoms with van der Waals surface area (Å²) in [6.07, 6.45) is 0.985. The molecule has 3 heteroatoms. The minimum atomic E-state index is 0.232. The zero-order valence-corrected chi connectivity index (χ0v) is 13.6. The number of hydrogen-bond acceptors (Lipinski definition) is 1. The Morgan fingerprint density at radius 2 is 1.48 bits per heavy atom. The van der Waals surface area contributed by atoms with E-state index in [0.717, 1.165) is 12.1 Å². The van der Waals surface area contributed by atoms with Crippen LogP contribution in [0.15, 0.2) is 48.5 Å². The lowest BCUT2D eigenvalue weighted by Gasteiger charge is -2.20. The second-order valence-corrected chi connectivity index (χ2v) is 5.74. The maximum Gasteiger partial charge on any atom is 0.171 e. The predicted octanol–water partition coefficient (Wildman–Crippen LogP) is 4.74. The molecule has 0 aromatic heterocycles. The van der Waals surface area contributed by atoms with E-state index in [-0.39, 0.29) is 6.04 Å². The second-order valence-electron chi connectivity index (χ2n) is 5.34. The number of aryl methyl sites for hydroxylation is 2. The SMILES string of the molecule is CCC(NC(=S)Nc1ccc(C)cc1)c1ccc(C)cc1. The van der Waals surface area contributed by atoms with Crippen molar-refractivity contribution in [1.82, 2.24) is 5.32 Å². The van der Waals surface area contributed by atoms with Crippen LogP contribution in [0, 0.1) is 13.8 Å². The second kappa shape index (κ2) is 7.23. The third kappa shape index (κ3) is 4.57. The number of nitrogens with one attached hydrogen (secondary N) is 2. The standard InChI is InChI=1S/C18H22N2S/c1-4-17(15-9-5-13(2)6-10-15)20-18(21)19-16-11-7-14(3)8-12-16/h5-12,17H,4H2,1-3H3,(H2,19,20,21). The van der Waals surface area contributed by atoms with Crippen molar-refractivity contribution in [3.8, 4) is 0 Å². The van der Waals surface area contributed by atoms with E-state index >= 15 is 0 Å². The first-order chi connectivity index (χ1) is 10.1. The highest BCUT2D eigenvalue weighted by atomic mass is 32.1. The zero-order chi connectivity index (χ0) is 15.2. The third-order valence-electron chi connectivity index (χ3n) is 3.50. The van der Waals surface area contributed by atoms with E-state index in [9.17, 15) is 0 Å². The Bertz CT molecular complexity index is 588. The molecule has 0 spiro atoms. The number of anilines is 1. The van der Waals surface area contributed by atoms with Crippen LogP contribution in [-0.2, 0) is 0 Å². The van der Waals surface area contributed by atoms with Crippen molar-refractivity contribution in [2.45, 2.75) is 33.2 Å². The quantitative estimate of drug-likeness (QED) is 0.797. The smallest absolute Gasteiger partial charge is 0.171 e. The molecule has 21 heavy (non-hydrogen) atoms. The Morgan fingerprint density at radius 1 is 0.952 bits per heavy atom. The van der Waals surface area contributed by atoms with Crippen molar-refractivity contribution in [1.29, 1.82) is 0 Å². The minimum absolute atomic E-state index is 0.232. The molecule has 2 nitrogen and oxygen atoms in total. The predicted molar refractivity (Wildman–Crippen MR) is 94.7 cm³/mol. The molecule has 110 valence electrons. The molecule has 0 saturated heterocycles. The first kappa shape index (κ1) is 15.5. The number of rotatable bonds is 4. The highest BCUT2D eigenvalue weighted by Gasteiger charge is 2.10. The fourth-order valence-electron chi connectivity index (χ4n) is 2.18. The highest BCUT2D eigenvalue weighted by Crippen LogP contribution is 2.17. The summed E-state index contributed by atoms with van der Waals surface area (Å²) in [7, 11) is 0. The molecule has 0 aliphatic carbocycles. The van der Waals surface area contributed by atoms with Crippen molar-refractivity contribution in [2.24, 2.45) is 0 Å². The average molecular weight is 298 g/mol. The molecule has 0 saturated carbocycles. The Kier molecular flexibility index (Phi) is 5.34. The number of benzene rings is 2. The highest BCUT2D eigenvalue weighted by molar-refractivity contribution is 7.80. The molecule has 0 fully saturated rings. The van der Waals surface area contributed by atoms with Gasteiger partial charge in [-0.2, -0.15) is 0 Å². The van der Waals surface area contributed by atoms with E-state index < -0.39 is 0 Å². The third-order valence-corrected chi connectivity index (χ3v) is 3.72. The molecular formula is C18H22N2S. The minimum Gasteiger partial charge on any atom is -0.356 e. The molecule has 2 aromatic rings. The van der Waals surface area contributed by atoms with Crippen molar-refractivity contribution in [2.75, 3.05) is 5.32 Å². The summed E-state index contributed by atoms with van der Waals surface area (Å²) in [5.74, 6) is 0. The van der Waals surface area contributed by atoms with Crippen LogP contribution in [-0.4, -0.2) is 5.11 Å². The monoisotopic (exact) mass is 298 g/mol. The molecule has 0 heterocycles. The fraction of sp³-hybridized carbons (Fsp3) is 0.278. The van der Waals surface area contributed by atoms with Gasteiger partial charge in [0.25, 0.3) is 0 Å². The van der Waals surface area contributed by atoms with E-state index in [0.29, 0.717) is 5.11 Å². The van der Waals surface area contributed by atoms with Gasteiger partial charge in [-0.05, 0) is 50.2 Å². The summed E-state index contributed by atoms with van der Waals surface area (Å²) < 4.78 is 0. The van der Waals surface area contributed by atoms with Crippen LogP contribution in [0.2, 0.25) is 0 Å². The largest absolute Gasteiger partial charge is 0.356 e. The molecule has 2 rings (SSSR count). The van der Waals surface area contributed by atoms with Gasteiger partial charge in [-0.1, -0.05) is 54.4 Å². The maximum absolute atomic E-state index is 5.41. The molecule has 2 aromatic carbocycles. The summed E-state index contributed by atoms with van der Waals surface area (Å²) in [5.41, 5.74) is 4.78. The lowest BCUT2D eigenvalue weighted by molar-refractivity contribution is 0.629. The van der Waals surface area contributed by atoms with E-state index in [1.165, 1.54) is 16.7 Å². The van der Waals surface area contributed by atoms with Gasteiger partial charge in [0.05, 0.1) is 6.04 Å². The molecular weight excluding hydrogens is 276 g/mol. The van der Waals surface area contributed by atoms with Crippen LogP contribution < -0.4 is 10.6 Å². The van der Waals surface area contributed by atoms with Gasteiger partial charge < -0.3 is 10.6 Å². The van der Waals surface area contributed by atoms with Crippen LogP contribution in [0.1, 0.15) is 36.1 Å². The summed E-state index contributed by atoms with van der Waals surface area (Å²) in [6, 6.07) is 17.0. The maximum atomic E-state index is 5.41. The van der Waals surface area contributed by atoms with Crippen LogP contribution in [0.4, 0.5) is 5.69 Å². The lowest BCUT2D eigenvalue weighted by Crippen LogP contribution is -2.32. The molecule has 0 aliphatic rings. The summed E-state index contributed by atoms with van der Waals surface area (Å²) in [6.45, 7) is 6.33. The van der Waals surface area contributed by atoms with Crippen LogP contribution in [0.3, 0.4) is 0 Å². The first-order valence-electron chi connectivity index (χ1n) is 7.29. The van der Waals surface area contributed by atoms with Gasteiger partial charge in [0, 0.05) is 5.69 Å². The van der Waals surface area contributed by atoms with Gasteiger partial charge in [0.2, 0.25) is 0 Å². The van der Waals surface area contributed by atoms with Crippen molar-refractivity contribution < 1.29 is 0 Å². The topological polar surface area (TPSA) is 24.1 Å². The van der Waals surface area contributed by atoms with Crippen LogP contribution in [0.25, 0.3) is 0 Å². The Balaban J connectivity index is 1.99. The van der Waals surface area contributed by atoms with E-state index in [1.807, 2.05) is 12.1 Å². The molecule has 1 unspecified atom stereocenters. The Hall–Kier alpha value is -1.87. The molecule has 0 aliphatic heterocycles. The van der Waals surface area contributed by atoms with E-state index in [4.69, 9.17) is 12.2 Å². The Labute approximate surface area is 132 Å². The van der Waals surface area contributed by atoms with Crippen LogP contribution >= 0.6 is 12.2 Å². The van der Waals surface area contributed by atoms with Gasteiger partial charge in [0.1, 0.15) is 0 Å². The molecule has 0 bridgehead atoms. The number of hydrogen-bond donors (Lipinski definition) is 2. The number of thiocarbonyl (C=S) groups is 1. The van der Waals surface area contributed by atoms with Gasteiger partial charge >= 0.3 is 0 Å². The van der Waals surface area contributed by atoms with Gasteiger partial charge in [-0.25, -0.2) is 0 Å². The van der Waals surface area contributed by atoms with Crippen molar-refractivity contribution >= 4 is 23.0 Å². The first-order valence-corrected chi connectivity index (χ1v) is 7.70. The summed E-state index contributed by atoms with van der Waals surface area (Å²) in [4.78, 5) is 0. The van der Waals surface area contributed by atoms with Crippen LogP contribution in [0.5, 0.6) is 0 Å². The lowest BCUT2D eigenvalue weighted by atomic mass is 10.0. The zero-order valence-electron chi connectivity index (χ0n) is 12.8. The summed E-state index contributed by atoms with van der Waals surface area (Å²) in [5, 5.41) is 7.28. The molecule has 0 radical (unpaired) electrons. The summed E-state index contributed by atoms with van der Waals surface area (Å²) >= 11 is 5.41. The average Bonchev–Trinajstić information content (AvgIpc) is 2.48. The fourth-order valence-corrected chi connectivity index (χ4v) is 2.44.